The van der Waals surface area contributed by atoms with Crippen molar-refractivity contribution in [3.8, 4) is 0 Å². The molecule has 0 saturated carbocycles. The standard InChI is InChI=1S/C15H12N4O2/c1-10-6-5-9-12-16-13(15(20)21)14(19(10)12)18-17-11-7-3-2-4-8-11/h2-9H,1H3,(H,20,21). The lowest BCUT2D eigenvalue weighted by molar-refractivity contribution is 0.0692. The summed E-state index contributed by atoms with van der Waals surface area (Å²) in [7, 11) is 0. The Kier molecular flexibility index (Phi) is 3.19. The number of benzene rings is 1. The number of carbonyl (C=O) groups is 1. The highest BCUT2D eigenvalue weighted by Gasteiger charge is 2.19. The molecule has 0 radical (unpaired) electrons. The zero-order valence-corrected chi connectivity index (χ0v) is 11.3. The minimum Gasteiger partial charge on any atom is -0.476 e. The van der Waals surface area contributed by atoms with E-state index in [0.717, 1.165) is 5.69 Å². The summed E-state index contributed by atoms with van der Waals surface area (Å²) in [4.78, 5) is 15.4. The zero-order chi connectivity index (χ0) is 14.8. The Bertz CT molecular complexity index is 838. The number of fused-ring (bicyclic) bond motifs is 1. The van der Waals surface area contributed by atoms with Gasteiger partial charge in [-0.1, -0.05) is 24.3 Å². The second kappa shape index (κ2) is 5.16. The maximum atomic E-state index is 11.3. The Hall–Kier alpha value is -3.02. The largest absolute Gasteiger partial charge is 0.476 e. The van der Waals surface area contributed by atoms with Crippen molar-refractivity contribution < 1.29 is 9.90 Å². The van der Waals surface area contributed by atoms with Crippen molar-refractivity contribution in [2.24, 2.45) is 10.2 Å². The van der Waals surface area contributed by atoms with Crippen LogP contribution in [-0.4, -0.2) is 20.5 Å². The van der Waals surface area contributed by atoms with Crippen LogP contribution in [0.25, 0.3) is 5.65 Å². The highest BCUT2D eigenvalue weighted by molar-refractivity contribution is 5.91. The van der Waals surface area contributed by atoms with Gasteiger partial charge in [-0.25, -0.2) is 9.78 Å². The first-order valence-electron chi connectivity index (χ1n) is 6.35. The van der Waals surface area contributed by atoms with E-state index in [0.29, 0.717) is 11.3 Å². The summed E-state index contributed by atoms with van der Waals surface area (Å²) in [6.45, 7) is 1.86. The van der Waals surface area contributed by atoms with Crippen molar-refractivity contribution in [2.75, 3.05) is 0 Å². The molecule has 0 spiro atoms. The first kappa shape index (κ1) is 13.0. The van der Waals surface area contributed by atoms with Gasteiger partial charge in [-0.3, -0.25) is 4.40 Å². The summed E-state index contributed by atoms with van der Waals surface area (Å²) in [6.07, 6.45) is 0. The van der Waals surface area contributed by atoms with Crippen molar-refractivity contribution in [2.45, 2.75) is 6.92 Å². The molecular weight excluding hydrogens is 268 g/mol. The van der Waals surface area contributed by atoms with Gasteiger partial charge in [0.05, 0.1) is 5.69 Å². The third-order valence-electron chi connectivity index (χ3n) is 3.03. The molecule has 2 aromatic heterocycles. The third-order valence-corrected chi connectivity index (χ3v) is 3.03. The molecule has 0 unspecified atom stereocenters. The molecule has 3 aromatic rings. The first-order valence-corrected chi connectivity index (χ1v) is 6.35. The number of carboxylic acids is 1. The number of imidazole rings is 1. The molecule has 1 N–H and O–H groups in total. The van der Waals surface area contributed by atoms with Gasteiger partial charge in [-0.15, -0.1) is 10.2 Å². The van der Waals surface area contributed by atoms with E-state index < -0.39 is 5.97 Å². The summed E-state index contributed by atoms with van der Waals surface area (Å²) in [5.74, 6) is -0.903. The molecule has 0 bridgehead atoms. The topological polar surface area (TPSA) is 79.3 Å². The molecule has 0 aliphatic rings. The van der Waals surface area contributed by atoms with Gasteiger partial charge < -0.3 is 5.11 Å². The molecule has 3 rings (SSSR count). The van der Waals surface area contributed by atoms with Crippen molar-refractivity contribution in [3.63, 3.8) is 0 Å². The van der Waals surface area contributed by atoms with Gasteiger partial charge in [0.25, 0.3) is 0 Å². The fraction of sp³-hybridized carbons (Fsp3) is 0.0667. The van der Waals surface area contributed by atoms with Crippen molar-refractivity contribution in [1.29, 1.82) is 0 Å². The molecule has 6 heteroatoms. The average Bonchev–Trinajstić information content (AvgIpc) is 2.86. The summed E-state index contributed by atoms with van der Waals surface area (Å²) in [5.41, 5.74) is 1.92. The minimum absolute atomic E-state index is 0.107. The second-order valence-electron chi connectivity index (χ2n) is 4.49. The van der Waals surface area contributed by atoms with Crippen molar-refractivity contribution in [1.82, 2.24) is 9.38 Å². The van der Waals surface area contributed by atoms with E-state index in [1.165, 1.54) is 0 Å². The van der Waals surface area contributed by atoms with Crippen molar-refractivity contribution in [3.05, 3.63) is 59.9 Å². The number of carboxylic acid groups (broad SMARTS) is 1. The lowest BCUT2D eigenvalue weighted by atomic mass is 10.3. The Balaban J connectivity index is 2.18. The molecule has 0 aliphatic heterocycles. The minimum atomic E-state index is -1.12. The monoisotopic (exact) mass is 280 g/mol. The quantitative estimate of drug-likeness (QED) is 0.742. The highest BCUT2D eigenvalue weighted by atomic mass is 16.4. The Morgan fingerprint density at radius 3 is 2.57 bits per heavy atom. The predicted octanol–water partition coefficient (Wildman–Crippen LogP) is 3.76. The summed E-state index contributed by atoms with van der Waals surface area (Å²) in [5, 5.41) is 17.5. The van der Waals surface area contributed by atoms with E-state index >= 15 is 0 Å². The smallest absolute Gasteiger partial charge is 0.358 e. The highest BCUT2D eigenvalue weighted by Crippen LogP contribution is 2.25. The number of hydrogen-bond acceptors (Lipinski definition) is 4. The molecule has 0 aliphatic carbocycles. The van der Waals surface area contributed by atoms with Crippen LogP contribution in [0.4, 0.5) is 11.5 Å². The van der Waals surface area contributed by atoms with Crippen LogP contribution in [0.1, 0.15) is 16.2 Å². The Labute approximate surface area is 120 Å². The third kappa shape index (κ3) is 2.38. The summed E-state index contributed by atoms with van der Waals surface area (Å²) < 4.78 is 1.68. The van der Waals surface area contributed by atoms with Gasteiger partial charge in [0.15, 0.2) is 11.5 Å². The molecule has 104 valence electrons. The fourth-order valence-corrected chi connectivity index (χ4v) is 2.07. The SMILES string of the molecule is Cc1cccc2nc(C(=O)O)c(N=Nc3ccccc3)n12. The number of nitrogens with zero attached hydrogens (tertiary/aromatic N) is 4. The zero-order valence-electron chi connectivity index (χ0n) is 11.3. The van der Waals surface area contributed by atoms with Crippen LogP contribution < -0.4 is 0 Å². The maximum Gasteiger partial charge on any atom is 0.358 e. The van der Waals surface area contributed by atoms with E-state index in [-0.39, 0.29) is 11.5 Å². The molecule has 0 amide bonds. The number of rotatable bonds is 3. The number of hydrogen-bond donors (Lipinski definition) is 1. The van der Waals surface area contributed by atoms with Gasteiger partial charge >= 0.3 is 5.97 Å². The van der Waals surface area contributed by atoms with Gasteiger partial charge in [0.1, 0.15) is 5.65 Å². The first-order chi connectivity index (χ1) is 10.2. The summed E-state index contributed by atoms with van der Waals surface area (Å²) >= 11 is 0. The van der Waals surface area contributed by atoms with Gasteiger partial charge in [0.2, 0.25) is 0 Å². The van der Waals surface area contributed by atoms with E-state index in [2.05, 4.69) is 15.2 Å². The molecule has 0 atom stereocenters. The normalized spacial score (nSPS) is 11.3. The van der Waals surface area contributed by atoms with Crippen LogP contribution in [0.5, 0.6) is 0 Å². The molecule has 21 heavy (non-hydrogen) atoms. The van der Waals surface area contributed by atoms with E-state index in [1.807, 2.05) is 37.3 Å². The fourth-order valence-electron chi connectivity index (χ4n) is 2.07. The van der Waals surface area contributed by atoms with Crippen molar-refractivity contribution >= 4 is 23.1 Å². The average molecular weight is 280 g/mol. The Morgan fingerprint density at radius 1 is 1.10 bits per heavy atom. The number of azo groups is 1. The number of aromatic carboxylic acids is 1. The van der Waals surface area contributed by atoms with Crippen LogP contribution in [0.2, 0.25) is 0 Å². The predicted molar refractivity (Wildman–Crippen MR) is 77.5 cm³/mol. The Morgan fingerprint density at radius 2 is 1.86 bits per heavy atom. The molecule has 0 fully saturated rings. The molecule has 1 aromatic carbocycles. The second-order valence-corrected chi connectivity index (χ2v) is 4.49. The molecule has 0 saturated heterocycles. The van der Waals surface area contributed by atoms with Crippen LogP contribution in [0, 0.1) is 6.92 Å². The summed E-state index contributed by atoms with van der Waals surface area (Å²) in [6, 6.07) is 14.6. The van der Waals surface area contributed by atoms with E-state index in [9.17, 15) is 9.90 Å². The maximum absolute atomic E-state index is 11.3. The number of pyridine rings is 1. The molecule has 2 heterocycles. The van der Waals surface area contributed by atoms with Crippen LogP contribution in [-0.2, 0) is 0 Å². The molecular formula is C15H12N4O2. The number of aryl methyl sites for hydroxylation is 1. The van der Waals surface area contributed by atoms with Gasteiger partial charge in [0, 0.05) is 5.69 Å². The van der Waals surface area contributed by atoms with Crippen LogP contribution >= 0.6 is 0 Å². The van der Waals surface area contributed by atoms with Gasteiger partial charge in [-0.2, -0.15) is 0 Å². The lowest BCUT2D eigenvalue weighted by Crippen LogP contribution is -1.97. The lowest BCUT2D eigenvalue weighted by Gasteiger charge is -2.00. The van der Waals surface area contributed by atoms with E-state index in [4.69, 9.17) is 0 Å². The van der Waals surface area contributed by atoms with Crippen LogP contribution in [0.15, 0.2) is 58.8 Å². The number of aromatic nitrogens is 2. The van der Waals surface area contributed by atoms with Crippen LogP contribution in [0.3, 0.4) is 0 Å². The molecule has 6 nitrogen and oxygen atoms in total. The van der Waals surface area contributed by atoms with Gasteiger partial charge in [-0.05, 0) is 31.2 Å². The van der Waals surface area contributed by atoms with E-state index in [1.54, 1.807) is 22.6 Å².